The van der Waals surface area contributed by atoms with Crippen LogP contribution in [0.5, 0.6) is 0 Å². The van der Waals surface area contributed by atoms with Gasteiger partial charge >= 0.3 is 68.5 Å². The van der Waals surface area contributed by atoms with Crippen LogP contribution in [0.3, 0.4) is 0 Å². The number of alkyl halides is 21. The fourth-order valence-corrected chi connectivity index (χ4v) is 5.70. The summed E-state index contributed by atoms with van der Waals surface area (Å²) in [5.74, 6) is -70.8. The fraction of sp³-hybridized carbons (Fsp3) is 1.00. The molecule has 0 aliphatic heterocycles. The van der Waals surface area contributed by atoms with E-state index in [4.69, 9.17) is 13.3 Å². The smallest absolute Gasteiger partial charge is 0.374 e. The molecule has 0 spiro atoms. The van der Waals surface area contributed by atoms with Crippen LogP contribution in [0.2, 0.25) is 6.04 Å². The van der Waals surface area contributed by atoms with Crippen LogP contribution in [-0.4, -0.2) is 94.9 Å². The first-order chi connectivity index (χ1) is 19.6. The molecule has 0 N–H and O–H groups in total. The first-order valence-corrected chi connectivity index (χ1v) is 13.6. The predicted octanol–water partition coefficient (Wildman–Crippen LogP) is 8.68. The molecule has 0 aromatic heterocycles. The third-order valence-electron chi connectivity index (χ3n) is 5.49. The van der Waals surface area contributed by atoms with Crippen LogP contribution in [0.15, 0.2) is 0 Å². The number of hydrogen-bond donors (Lipinski definition) is 0. The topological polar surface area (TPSA) is 36.9 Å². The minimum absolute atomic E-state index is 0.180. The molecular formula is C19H21F21O4Si. The molecule has 0 heterocycles. The number of halogens is 21. The Balaban J connectivity index is 6.54. The van der Waals surface area contributed by atoms with Crippen LogP contribution in [0.25, 0.3) is 0 Å². The second-order valence-electron chi connectivity index (χ2n) is 8.54. The summed E-state index contributed by atoms with van der Waals surface area (Å²) in [5, 5.41) is 0. The Hall–Kier alpha value is -1.41. The molecule has 0 radical (unpaired) electrons. The van der Waals surface area contributed by atoms with Crippen molar-refractivity contribution in [2.45, 2.75) is 92.9 Å². The number of ether oxygens (including phenoxy) is 1. The first kappa shape index (κ1) is 43.6. The van der Waals surface area contributed by atoms with Crippen molar-refractivity contribution >= 4 is 8.80 Å². The second-order valence-corrected chi connectivity index (χ2v) is 11.3. The molecule has 0 unspecified atom stereocenters. The highest BCUT2D eigenvalue weighted by atomic mass is 28.4. The van der Waals surface area contributed by atoms with Crippen LogP contribution in [0.4, 0.5) is 92.2 Å². The molecule has 0 aromatic rings. The van der Waals surface area contributed by atoms with E-state index in [1.165, 1.54) is 20.8 Å². The van der Waals surface area contributed by atoms with Crippen molar-refractivity contribution in [3.8, 4) is 0 Å². The third kappa shape index (κ3) is 6.93. The molecule has 0 atom stereocenters. The molecule has 0 saturated carbocycles. The number of rotatable bonds is 19. The Kier molecular flexibility index (Phi) is 12.8. The van der Waals surface area contributed by atoms with E-state index in [2.05, 4.69) is 4.74 Å². The summed E-state index contributed by atoms with van der Waals surface area (Å²) in [6.07, 6.45) is -16.2. The summed E-state index contributed by atoms with van der Waals surface area (Å²) < 4.78 is 300. The van der Waals surface area contributed by atoms with Gasteiger partial charge in [0.1, 0.15) is 0 Å². The molecule has 0 aliphatic carbocycles. The second kappa shape index (κ2) is 13.2. The maximum absolute atomic E-state index is 13.9. The first-order valence-electron chi connectivity index (χ1n) is 11.7. The van der Waals surface area contributed by atoms with E-state index in [1.54, 1.807) is 0 Å². The molecule has 0 aromatic carbocycles. The van der Waals surface area contributed by atoms with Gasteiger partial charge in [0.05, 0.1) is 6.61 Å². The Labute approximate surface area is 239 Å². The minimum Gasteiger partial charge on any atom is -0.374 e. The van der Waals surface area contributed by atoms with Gasteiger partial charge in [-0.3, -0.25) is 0 Å². The van der Waals surface area contributed by atoms with E-state index in [0.717, 1.165) is 0 Å². The normalized spacial score (nSPS) is 16.0. The molecule has 0 rings (SSSR count). The molecule has 0 fully saturated rings. The van der Waals surface area contributed by atoms with E-state index in [-0.39, 0.29) is 19.8 Å². The zero-order valence-corrected chi connectivity index (χ0v) is 23.3. The zero-order chi connectivity index (χ0) is 36.6. The largest absolute Gasteiger partial charge is 0.501 e. The number of hydrogen-bond acceptors (Lipinski definition) is 4. The highest BCUT2D eigenvalue weighted by Crippen LogP contribution is 2.66. The maximum Gasteiger partial charge on any atom is 0.501 e. The van der Waals surface area contributed by atoms with Gasteiger partial charge in [0.25, 0.3) is 0 Å². The van der Waals surface area contributed by atoms with Gasteiger partial charge in [0.2, 0.25) is 0 Å². The summed E-state index contributed by atoms with van der Waals surface area (Å²) in [4.78, 5) is 0. The highest BCUT2D eigenvalue weighted by molar-refractivity contribution is 6.60. The molecular weight excluding hydrogens is 719 g/mol. The van der Waals surface area contributed by atoms with Gasteiger partial charge in [-0.15, -0.1) is 0 Å². The molecule has 0 saturated heterocycles. The van der Waals surface area contributed by atoms with Crippen molar-refractivity contribution < 1.29 is 110 Å². The molecule has 0 amide bonds. The van der Waals surface area contributed by atoms with Crippen LogP contribution in [-0.2, 0) is 18.0 Å². The Morgan fingerprint density at radius 1 is 0.400 bits per heavy atom. The molecule has 0 bridgehead atoms. The van der Waals surface area contributed by atoms with Gasteiger partial charge in [-0.05, 0) is 27.2 Å². The lowest BCUT2D eigenvalue weighted by atomic mass is 9.87. The zero-order valence-electron chi connectivity index (χ0n) is 22.3. The van der Waals surface area contributed by atoms with Crippen molar-refractivity contribution in [3.05, 3.63) is 0 Å². The summed E-state index contributed by atoms with van der Waals surface area (Å²) in [5.41, 5.74) is 0. The lowest BCUT2D eigenvalue weighted by molar-refractivity contribution is -0.484. The summed E-state index contributed by atoms with van der Waals surface area (Å²) in [6.45, 7) is 1.61. The van der Waals surface area contributed by atoms with E-state index in [9.17, 15) is 92.2 Å². The van der Waals surface area contributed by atoms with Crippen molar-refractivity contribution in [1.29, 1.82) is 0 Å². The van der Waals surface area contributed by atoms with Gasteiger partial charge in [-0.2, -0.15) is 92.2 Å². The van der Waals surface area contributed by atoms with Crippen molar-refractivity contribution in [1.82, 2.24) is 0 Å². The molecule has 26 heteroatoms. The van der Waals surface area contributed by atoms with Crippen molar-refractivity contribution in [2.24, 2.45) is 0 Å². The lowest BCUT2D eigenvalue weighted by Crippen LogP contribution is -2.77. The average Bonchev–Trinajstić information content (AvgIpc) is 2.85. The fourth-order valence-electron chi connectivity index (χ4n) is 3.12. The quantitative estimate of drug-likeness (QED) is 0.0755. The SMILES string of the molecule is CCO[Si](CCCOC(F)(F)C(F)(F)C(F)(F)C(F)(F)C(F)(F)C(F)(F)C(F)(F)C(F)(F)C(F)(F)C(F)(F)F)(OCC)OCC. The standard InChI is InChI=1S/C19H21F21O4Si/c1-4-42-45(43-5-2,44-6-3)9-7-8-41-19(39,40)17(34,35)15(30,31)13(26,27)11(22,23)10(20,21)12(24,25)14(28,29)16(32,33)18(36,37)38/h4-9H2,1-3H3. The molecule has 4 nitrogen and oxygen atoms in total. The Morgan fingerprint density at radius 2 is 0.667 bits per heavy atom. The van der Waals surface area contributed by atoms with Crippen LogP contribution in [0.1, 0.15) is 27.2 Å². The van der Waals surface area contributed by atoms with Gasteiger partial charge in [0.15, 0.2) is 0 Å². The average molecular weight is 740 g/mol. The van der Waals surface area contributed by atoms with Crippen LogP contribution in [0, 0.1) is 0 Å². The maximum atomic E-state index is 13.9. The van der Waals surface area contributed by atoms with E-state index in [0.29, 0.717) is 0 Å². The molecule has 272 valence electrons. The molecule has 45 heavy (non-hydrogen) atoms. The van der Waals surface area contributed by atoms with Gasteiger partial charge in [-0.25, -0.2) is 0 Å². The van der Waals surface area contributed by atoms with Crippen molar-refractivity contribution in [3.63, 3.8) is 0 Å². The third-order valence-corrected chi connectivity index (χ3v) is 8.64. The van der Waals surface area contributed by atoms with Crippen molar-refractivity contribution in [2.75, 3.05) is 26.4 Å². The molecule has 0 aliphatic rings. The Morgan fingerprint density at radius 3 is 0.933 bits per heavy atom. The predicted molar refractivity (Wildman–Crippen MR) is 107 cm³/mol. The highest BCUT2D eigenvalue weighted by Gasteiger charge is 2.98. The van der Waals surface area contributed by atoms with Gasteiger partial charge < -0.3 is 18.0 Å². The van der Waals surface area contributed by atoms with Gasteiger partial charge in [-0.1, -0.05) is 0 Å². The monoisotopic (exact) mass is 740 g/mol. The lowest BCUT2D eigenvalue weighted by Gasteiger charge is -2.44. The minimum atomic E-state index is -9.22. The van der Waals surface area contributed by atoms with Crippen LogP contribution < -0.4 is 0 Å². The summed E-state index contributed by atoms with van der Waals surface area (Å²) in [6, 6.07) is -0.660. The van der Waals surface area contributed by atoms with Crippen LogP contribution >= 0.6 is 0 Å². The van der Waals surface area contributed by atoms with E-state index >= 15 is 0 Å². The van der Waals surface area contributed by atoms with Gasteiger partial charge in [0, 0.05) is 25.9 Å². The summed E-state index contributed by atoms with van der Waals surface area (Å²) >= 11 is 0. The van der Waals surface area contributed by atoms with E-state index < -0.39 is 87.5 Å². The summed E-state index contributed by atoms with van der Waals surface area (Å²) in [7, 11) is -3.83. The van der Waals surface area contributed by atoms with E-state index in [1.807, 2.05) is 0 Å². The Bertz CT molecular complexity index is 951.